The number of nitrogens with one attached hydrogen (secondary N) is 1. The second kappa shape index (κ2) is 4.46. The Hall–Kier alpha value is -1.41. The van der Waals surface area contributed by atoms with Crippen molar-refractivity contribution in [3.63, 3.8) is 0 Å². The van der Waals surface area contributed by atoms with Crippen LogP contribution in [0.2, 0.25) is 0 Å². The molecule has 2 atom stereocenters. The second-order valence-electron chi connectivity index (χ2n) is 4.97. The molecule has 5 heteroatoms. The largest absolute Gasteiger partial charge is 0.338 e. The van der Waals surface area contributed by atoms with E-state index < -0.39 is 0 Å². The van der Waals surface area contributed by atoms with Crippen LogP contribution in [0.4, 0.5) is 0 Å². The number of hydrogen-bond acceptors (Lipinski definition) is 5. The predicted octanol–water partition coefficient (Wildman–Crippen LogP) is 1.73. The van der Waals surface area contributed by atoms with Crippen molar-refractivity contribution in [1.82, 2.24) is 15.5 Å². The topological polar surface area (TPSA) is 74.7 Å². The maximum atomic E-state index is 8.98. The molecule has 1 aromatic heterocycles. The molecule has 1 aromatic rings. The maximum absolute atomic E-state index is 8.98. The molecule has 2 fully saturated rings. The summed E-state index contributed by atoms with van der Waals surface area (Å²) in [6, 6.07) is 2.64. The lowest BCUT2D eigenvalue weighted by Gasteiger charge is -2.13. The zero-order valence-corrected chi connectivity index (χ0v) is 9.72. The van der Waals surface area contributed by atoms with Gasteiger partial charge in [0, 0.05) is 12.0 Å². The summed E-state index contributed by atoms with van der Waals surface area (Å²) in [4.78, 5) is 4.36. The van der Waals surface area contributed by atoms with Crippen LogP contribution in [0.15, 0.2) is 4.52 Å². The summed E-state index contributed by atoms with van der Waals surface area (Å²) < 4.78 is 5.19. The fourth-order valence-corrected chi connectivity index (χ4v) is 2.42. The van der Waals surface area contributed by atoms with Gasteiger partial charge in [-0.05, 0) is 25.7 Å². The molecular formula is C12H16N4O. The normalized spacial score (nSPS) is 28.2. The minimum Gasteiger partial charge on any atom is -0.338 e. The quantitative estimate of drug-likeness (QED) is 0.855. The average molecular weight is 232 g/mol. The smallest absolute Gasteiger partial charge is 0.240 e. The summed E-state index contributed by atoms with van der Waals surface area (Å²) in [5.41, 5.74) is 0. The molecule has 0 spiro atoms. The van der Waals surface area contributed by atoms with E-state index in [2.05, 4.69) is 21.5 Å². The SMILES string of the molecule is N#C[C@@H]1CCC[C@H]1NCc1nc(C2CC2)no1. The van der Waals surface area contributed by atoms with Crippen LogP contribution in [-0.4, -0.2) is 16.2 Å². The molecule has 5 nitrogen and oxygen atoms in total. The first-order valence-electron chi connectivity index (χ1n) is 6.32. The van der Waals surface area contributed by atoms with Crippen LogP contribution >= 0.6 is 0 Å². The monoisotopic (exact) mass is 232 g/mol. The van der Waals surface area contributed by atoms with Crippen LogP contribution in [0.25, 0.3) is 0 Å². The molecule has 90 valence electrons. The Morgan fingerprint density at radius 3 is 3.00 bits per heavy atom. The first kappa shape index (κ1) is 10.7. The van der Waals surface area contributed by atoms with Gasteiger partial charge in [0.25, 0.3) is 0 Å². The summed E-state index contributed by atoms with van der Waals surface area (Å²) >= 11 is 0. The number of hydrogen-bond donors (Lipinski definition) is 1. The van der Waals surface area contributed by atoms with Gasteiger partial charge in [-0.15, -0.1) is 0 Å². The molecule has 0 radical (unpaired) electrons. The van der Waals surface area contributed by atoms with Crippen molar-refractivity contribution in [2.24, 2.45) is 5.92 Å². The van der Waals surface area contributed by atoms with Gasteiger partial charge in [0.2, 0.25) is 5.89 Å². The van der Waals surface area contributed by atoms with Gasteiger partial charge in [-0.25, -0.2) is 0 Å². The molecule has 0 aromatic carbocycles. The summed E-state index contributed by atoms with van der Waals surface area (Å²) in [5.74, 6) is 2.17. The van der Waals surface area contributed by atoms with Crippen LogP contribution in [0, 0.1) is 17.2 Å². The van der Waals surface area contributed by atoms with E-state index in [1.54, 1.807) is 0 Å². The van der Waals surface area contributed by atoms with Gasteiger partial charge >= 0.3 is 0 Å². The third-order valence-corrected chi connectivity index (χ3v) is 3.62. The van der Waals surface area contributed by atoms with Crippen molar-refractivity contribution in [2.75, 3.05) is 0 Å². The van der Waals surface area contributed by atoms with E-state index >= 15 is 0 Å². The second-order valence-corrected chi connectivity index (χ2v) is 4.97. The number of nitrogens with zero attached hydrogens (tertiary/aromatic N) is 3. The van der Waals surface area contributed by atoms with Crippen LogP contribution in [0.1, 0.15) is 49.7 Å². The van der Waals surface area contributed by atoms with Crippen molar-refractivity contribution >= 4 is 0 Å². The van der Waals surface area contributed by atoms with Crippen molar-refractivity contribution in [3.8, 4) is 6.07 Å². The molecule has 1 N–H and O–H groups in total. The van der Waals surface area contributed by atoms with Gasteiger partial charge in [-0.1, -0.05) is 11.6 Å². The third kappa shape index (κ3) is 2.32. The predicted molar refractivity (Wildman–Crippen MR) is 59.9 cm³/mol. The number of rotatable bonds is 4. The van der Waals surface area contributed by atoms with Crippen molar-refractivity contribution < 1.29 is 4.52 Å². The molecule has 0 saturated heterocycles. The fourth-order valence-electron chi connectivity index (χ4n) is 2.42. The summed E-state index contributed by atoms with van der Waals surface area (Å²) in [5, 5.41) is 16.3. The number of nitriles is 1. The van der Waals surface area contributed by atoms with Crippen LogP contribution in [0.5, 0.6) is 0 Å². The molecule has 2 aliphatic carbocycles. The van der Waals surface area contributed by atoms with E-state index in [0.29, 0.717) is 18.4 Å². The lowest BCUT2D eigenvalue weighted by Crippen LogP contribution is -2.31. The zero-order valence-electron chi connectivity index (χ0n) is 9.72. The fraction of sp³-hybridized carbons (Fsp3) is 0.750. The van der Waals surface area contributed by atoms with Gasteiger partial charge in [-0.3, -0.25) is 0 Å². The van der Waals surface area contributed by atoms with Crippen molar-refractivity contribution in [3.05, 3.63) is 11.7 Å². The van der Waals surface area contributed by atoms with Gasteiger partial charge < -0.3 is 9.84 Å². The highest BCUT2D eigenvalue weighted by molar-refractivity contribution is 5.03. The first-order valence-corrected chi connectivity index (χ1v) is 6.32. The lowest BCUT2D eigenvalue weighted by atomic mass is 10.1. The molecule has 17 heavy (non-hydrogen) atoms. The Balaban J connectivity index is 1.54. The van der Waals surface area contributed by atoms with Crippen molar-refractivity contribution in [2.45, 2.75) is 50.6 Å². The zero-order chi connectivity index (χ0) is 11.7. The van der Waals surface area contributed by atoms with E-state index in [1.165, 1.54) is 12.8 Å². The van der Waals surface area contributed by atoms with Crippen LogP contribution in [0.3, 0.4) is 0 Å². The Kier molecular flexibility index (Phi) is 2.81. The third-order valence-electron chi connectivity index (χ3n) is 3.62. The molecule has 2 aliphatic rings. The molecular weight excluding hydrogens is 216 g/mol. The maximum Gasteiger partial charge on any atom is 0.240 e. The molecule has 0 bridgehead atoms. The van der Waals surface area contributed by atoms with Gasteiger partial charge in [0.05, 0.1) is 18.5 Å². The molecule has 1 heterocycles. The van der Waals surface area contributed by atoms with Gasteiger partial charge in [-0.2, -0.15) is 10.2 Å². The Morgan fingerprint density at radius 1 is 1.35 bits per heavy atom. The van der Waals surface area contributed by atoms with Gasteiger partial charge in [0.15, 0.2) is 5.82 Å². The lowest BCUT2D eigenvalue weighted by molar-refractivity contribution is 0.346. The standard InChI is InChI=1S/C12H16N4O/c13-6-9-2-1-3-10(9)14-7-11-15-12(16-17-11)8-4-5-8/h8-10,14H,1-5,7H2/t9-,10+/m0/s1. The average Bonchev–Trinajstić information content (AvgIpc) is 2.93. The van der Waals surface area contributed by atoms with E-state index in [1.807, 2.05) is 0 Å². The molecule has 3 rings (SSSR count). The van der Waals surface area contributed by atoms with Crippen molar-refractivity contribution in [1.29, 1.82) is 5.26 Å². The van der Waals surface area contributed by atoms with Gasteiger partial charge in [0.1, 0.15) is 0 Å². The highest BCUT2D eigenvalue weighted by Gasteiger charge is 2.30. The summed E-state index contributed by atoms with van der Waals surface area (Å²) in [6.07, 6.45) is 5.58. The Morgan fingerprint density at radius 2 is 2.24 bits per heavy atom. The molecule has 0 unspecified atom stereocenters. The molecule has 2 saturated carbocycles. The minimum absolute atomic E-state index is 0.140. The van der Waals surface area contributed by atoms with Crippen LogP contribution < -0.4 is 5.32 Å². The highest BCUT2D eigenvalue weighted by Crippen LogP contribution is 2.38. The van der Waals surface area contributed by atoms with E-state index in [4.69, 9.17) is 9.78 Å². The molecule has 0 aliphatic heterocycles. The van der Waals surface area contributed by atoms with E-state index in [-0.39, 0.29) is 12.0 Å². The van der Waals surface area contributed by atoms with Crippen LogP contribution in [-0.2, 0) is 6.54 Å². The van der Waals surface area contributed by atoms with E-state index in [0.717, 1.165) is 25.1 Å². The minimum atomic E-state index is 0.140. The number of aromatic nitrogens is 2. The Labute approximate surface area is 100 Å². The molecule has 0 amide bonds. The first-order chi connectivity index (χ1) is 8.36. The summed E-state index contributed by atoms with van der Waals surface area (Å²) in [6.45, 7) is 0.586. The van der Waals surface area contributed by atoms with E-state index in [9.17, 15) is 0 Å². The summed E-state index contributed by atoms with van der Waals surface area (Å²) in [7, 11) is 0. The highest BCUT2D eigenvalue weighted by atomic mass is 16.5. The Bertz CT molecular complexity index is 432.